The lowest BCUT2D eigenvalue weighted by Crippen LogP contribution is -2.40. The highest BCUT2D eigenvalue weighted by Gasteiger charge is 2.25. The van der Waals surface area contributed by atoms with Crippen molar-refractivity contribution >= 4 is 27.5 Å². The minimum absolute atomic E-state index is 0.217. The highest BCUT2D eigenvalue weighted by Crippen LogP contribution is 2.33. The van der Waals surface area contributed by atoms with Gasteiger partial charge in [0.1, 0.15) is 0 Å². The molecule has 0 heterocycles. The van der Waals surface area contributed by atoms with Crippen LogP contribution in [0.5, 0.6) is 0 Å². The molecule has 0 aliphatic heterocycles. The van der Waals surface area contributed by atoms with Gasteiger partial charge in [-0.1, -0.05) is 12.8 Å². The van der Waals surface area contributed by atoms with E-state index in [4.69, 9.17) is 11.0 Å². The summed E-state index contributed by atoms with van der Waals surface area (Å²) in [5.41, 5.74) is 6.89. The van der Waals surface area contributed by atoms with Gasteiger partial charge in [0, 0.05) is 10.5 Å². The third-order valence-electron chi connectivity index (χ3n) is 3.48. The molecule has 2 N–H and O–H groups in total. The average molecular weight is 322 g/mol. The highest BCUT2D eigenvalue weighted by atomic mass is 79.9. The molecule has 100 valence electrons. The predicted octanol–water partition coefficient (Wildman–Crippen LogP) is 2.56. The van der Waals surface area contributed by atoms with Gasteiger partial charge < -0.3 is 10.6 Å². The number of benzene rings is 1. The summed E-state index contributed by atoms with van der Waals surface area (Å²) < 4.78 is 0.833. The molecule has 0 spiro atoms. The van der Waals surface area contributed by atoms with E-state index in [1.54, 1.807) is 12.1 Å². The summed E-state index contributed by atoms with van der Waals surface area (Å²) in [6.45, 7) is 0.217. The van der Waals surface area contributed by atoms with Crippen molar-refractivity contribution in [3.05, 3.63) is 28.2 Å². The summed E-state index contributed by atoms with van der Waals surface area (Å²) in [7, 11) is 0. The van der Waals surface area contributed by atoms with E-state index in [0.717, 1.165) is 23.0 Å². The fraction of sp³-hybridized carbons (Fsp3) is 0.429. The van der Waals surface area contributed by atoms with Gasteiger partial charge in [-0.15, -0.1) is 0 Å². The number of amides is 1. The monoisotopic (exact) mass is 321 g/mol. The summed E-state index contributed by atoms with van der Waals surface area (Å²) in [5, 5.41) is 8.89. The molecule has 0 saturated heterocycles. The number of hydrogen-bond donors (Lipinski definition) is 1. The number of primary amides is 1. The Morgan fingerprint density at radius 3 is 2.68 bits per heavy atom. The Morgan fingerprint density at radius 1 is 1.47 bits per heavy atom. The average Bonchev–Trinajstić information content (AvgIpc) is 2.89. The first-order valence-electron chi connectivity index (χ1n) is 6.36. The maximum absolute atomic E-state index is 11.3. The molecule has 1 aliphatic carbocycles. The van der Waals surface area contributed by atoms with Crippen LogP contribution in [0.4, 0.5) is 5.69 Å². The number of nitrogens with two attached hydrogens (primary N) is 1. The Kier molecular flexibility index (Phi) is 4.43. The zero-order chi connectivity index (χ0) is 13.8. The normalized spacial score (nSPS) is 15.2. The van der Waals surface area contributed by atoms with Crippen LogP contribution < -0.4 is 10.6 Å². The van der Waals surface area contributed by atoms with Crippen LogP contribution in [-0.2, 0) is 4.79 Å². The third-order valence-corrected chi connectivity index (χ3v) is 4.11. The molecule has 19 heavy (non-hydrogen) atoms. The lowest BCUT2D eigenvalue weighted by molar-refractivity contribution is -0.116. The van der Waals surface area contributed by atoms with E-state index in [-0.39, 0.29) is 12.5 Å². The van der Waals surface area contributed by atoms with Crippen molar-refractivity contribution in [2.75, 3.05) is 11.4 Å². The summed E-state index contributed by atoms with van der Waals surface area (Å²) >= 11 is 3.48. The topological polar surface area (TPSA) is 70.1 Å². The van der Waals surface area contributed by atoms with Gasteiger partial charge in [-0.25, -0.2) is 0 Å². The fourth-order valence-corrected chi connectivity index (χ4v) is 3.21. The number of carbonyl (C=O) groups is 1. The van der Waals surface area contributed by atoms with Crippen molar-refractivity contribution in [3.8, 4) is 6.07 Å². The minimum Gasteiger partial charge on any atom is -0.368 e. The fourth-order valence-electron chi connectivity index (χ4n) is 2.60. The number of halogens is 1. The number of nitriles is 1. The third kappa shape index (κ3) is 3.27. The van der Waals surface area contributed by atoms with Crippen LogP contribution in [0.3, 0.4) is 0 Å². The van der Waals surface area contributed by atoms with Crippen molar-refractivity contribution in [1.29, 1.82) is 5.26 Å². The predicted molar refractivity (Wildman–Crippen MR) is 77.7 cm³/mol. The summed E-state index contributed by atoms with van der Waals surface area (Å²) in [6.07, 6.45) is 4.54. The van der Waals surface area contributed by atoms with Gasteiger partial charge in [0.25, 0.3) is 0 Å². The Balaban J connectivity index is 2.31. The van der Waals surface area contributed by atoms with Gasteiger partial charge >= 0.3 is 0 Å². The van der Waals surface area contributed by atoms with Crippen LogP contribution in [0, 0.1) is 11.3 Å². The molecule has 1 fully saturated rings. The van der Waals surface area contributed by atoms with E-state index in [0.29, 0.717) is 11.6 Å². The van der Waals surface area contributed by atoms with Crippen LogP contribution in [0.2, 0.25) is 0 Å². The van der Waals surface area contributed by atoms with E-state index in [1.165, 1.54) is 12.8 Å². The molecule has 1 saturated carbocycles. The Bertz CT molecular complexity index is 518. The Hall–Kier alpha value is -1.54. The number of anilines is 1. The summed E-state index contributed by atoms with van der Waals surface area (Å²) in [6, 6.07) is 7.88. The van der Waals surface area contributed by atoms with E-state index in [2.05, 4.69) is 26.9 Å². The molecule has 1 amide bonds. The molecular formula is C14H16BrN3O. The zero-order valence-corrected chi connectivity index (χ0v) is 12.2. The smallest absolute Gasteiger partial charge is 0.236 e. The Labute approximate surface area is 121 Å². The van der Waals surface area contributed by atoms with Crippen molar-refractivity contribution < 1.29 is 4.79 Å². The molecule has 0 bridgehead atoms. The molecule has 5 heteroatoms. The van der Waals surface area contributed by atoms with Gasteiger partial charge in [0.05, 0.1) is 23.9 Å². The first-order valence-corrected chi connectivity index (χ1v) is 7.15. The van der Waals surface area contributed by atoms with Crippen LogP contribution in [0.15, 0.2) is 22.7 Å². The van der Waals surface area contributed by atoms with Crippen LogP contribution in [0.25, 0.3) is 0 Å². The van der Waals surface area contributed by atoms with Crippen molar-refractivity contribution in [2.24, 2.45) is 5.73 Å². The van der Waals surface area contributed by atoms with Crippen LogP contribution >= 0.6 is 15.9 Å². The van der Waals surface area contributed by atoms with Crippen molar-refractivity contribution in [3.63, 3.8) is 0 Å². The SMILES string of the molecule is N#Cc1ccc(N(CC(N)=O)C2CCCC2)c(Br)c1. The van der Waals surface area contributed by atoms with Gasteiger partial charge in [-0.05, 0) is 47.0 Å². The molecule has 1 aromatic carbocycles. The molecular weight excluding hydrogens is 306 g/mol. The van der Waals surface area contributed by atoms with Crippen LogP contribution in [0.1, 0.15) is 31.2 Å². The van der Waals surface area contributed by atoms with Crippen molar-refractivity contribution in [2.45, 2.75) is 31.7 Å². The summed E-state index contributed by atoms with van der Waals surface area (Å²) in [4.78, 5) is 13.3. The second-order valence-corrected chi connectivity index (χ2v) is 5.66. The largest absolute Gasteiger partial charge is 0.368 e. The van der Waals surface area contributed by atoms with E-state index < -0.39 is 0 Å². The summed E-state index contributed by atoms with van der Waals surface area (Å²) in [5.74, 6) is -0.330. The first-order chi connectivity index (χ1) is 9.11. The molecule has 1 aromatic rings. The standard InChI is InChI=1S/C14H16BrN3O/c15-12-7-10(8-16)5-6-13(12)18(9-14(17)19)11-3-1-2-4-11/h5-7,11H,1-4,9H2,(H2,17,19). The molecule has 0 unspecified atom stereocenters. The molecule has 0 radical (unpaired) electrons. The first kappa shape index (κ1) is 13.9. The minimum atomic E-state index is -0.330. The maximum Gasteiger partial charge on any atom is 0.236 e. The van der Waals surface area contributed by atoms with Crippen LogP contribution in [-0.4, -0.2) is 18.5 Å². The lowest BCUT2D eigenvalue weighted by Gasteiger charge is -2.30. The molecule has 0 aromatic heterocycles. The van der Waals surface area contributed by atoms with E-state index in [1.807, 2.05) is 6.07 Å². The van der Waals surface area contributed by atoms with Gasteiger partial charge in [-0.2, -0.15) is 5.26 Å². The second kappa shape index (κ2) is 6.07. The number of rotatable bonds is 4. The molecule has 4 nitrogen and oxygen atoms in total. The quantitative estimate of drug-likeness (QED) is 0.926. The second-order valence-electron chi connectivity index (χ2n) is 4.81. The van der Waals surface area contributed by atoms with Gasteiger partial charge in [0.2, 0.25) is 5.91 Å². The molecule has 2 rings (SSSR count). The maximum atomic E-state index is 11.3. The van der Waals surface area contributed by atoms with E-state index >= 15 is 0 Å². The number of carbonyl (C=O) groups excluding carboxylic acids is 1. The zero-order valence-electron chi connectivity index (χ0n) is 10.6. The van der Waals surface area contributed by atoms with Crippen molar-refractivity contribution in [1.82, 2.24) is 0 Å². The highest BCUT2D eigenvalue weighted by molar-refractivity contribution is 9.10. The number of nitrogens with zero attached hydrogens (tertiary/aromatic N) is 2. The number of hydrogen-bond acceptors (Lipinski definition) is 3. The lowest BCUT2D eigenvalue weighted by atomic mass is 10.1. The Morgan fingerprint density at radius 2 is 2.16 bits per heavy atom. The van der Waals surface area contributed by atoms with E-state index in [9.17, 15) is 4.79 Å². The molecule has 0 atom stereocenters. The van der Waals surface area contributed by atoms with Gasteiger partial charge in [0.15, 0.2) is 0 Å². The van der Waals surface area contributed by atoms with Gasteiger partial charge in [-0.3, -0.25) is 4.79 Å². The molecule has 1 aliphatic rings.